The lowest BCUT2D eigenvalue weighted by molar-refractivity contribution is 0.432. The molecule has 6 heteroatoms. The van der Waals surface area contributed by atoms with Crippen LogP contribution in [-0.2, 0) is 7.05 Å². The van der Waals surface area contributed by atoms with Crippen LogP contribution in [0.5, 0.6) is 0 Å². The van der Waals surface area contributed by atoms with E-state index >= 15 is 0 Å². The van der Waals surface area contributed by atoms with E-state index in [2.05, 4.69) is 21.3 Å². The second-order valence-electron chi connectivity index (χ2n) is 3.99. The Hall–Kier alpha value is -2.94. The number of aromatic nitrogens is 4. The van der Waals surface area contributed by atoms with E-state index in [0.717, 1.165) is 5.56 Å². The zero-order valence-corrected chi connectivity index (χ0v) is 10.1. The minimum Gasteiger partial charge on any atom is -0.334 e. The maximum atomic E-state index is 8.74. The summed E-state index contributed by atoms with van der Waals surface area (Å²) in [4.78, 5) is 4.28. The van der Waals surface area contributed by atoms with Gasteiger partial charge in [0, 0.05) is 18.8 Å². The van der Waals surface area contributed by atoms with Gasteiger partial charge in [0.2, 0.25) is 5.82 Å². The molecule has 0 bridgehead atoms. The SMILES string of the molecule is Cn1ccc(-c2noc(-c3ccc(C#N)cc3)n2)n1. The lowest BCUT2D eigenvalue weighted by atomic mass is 10.1. The molecule has 2 aromatic heterocycles. The number of rotatable bonds is 2. The van der Waals surface area contributed by atoms with E-state index in [1.807, 2.05) is 19.3 Å². The van der Waals surface area contributed by atoms with Crippen molar-refractivity contribution in [3.05, 3.63) is 42.1 Å². The lowest BCUT2D eigenvalue weighted by Gasteiger charge is -1.92. The van der Waals surface area contributed by atoms with Crippen LogP contribution in [0.15, 0.2) is 41.1 Å². The van der Waals surface area contributed by atoms with Crippen molar-refractivity contribution in [2.45, 2.75) is 0 Å². The molecule has 0 aliphatic heterocycles. The predicted octanol–water partition coefficient (Wildman–Crippen LogP) is 2.01. The molecule has 0 atom stereocenters. The molecule has 0 aliphatic carbocycles. The molecule has 1 aromatic carbocycles. The van der Waals surface area contributed by atoms with Crippen LogP contribution in [0.1, 0.15) is 5.56 Å². The summed E-state index contributed by atoms with van der Waals surface area (Å²) in [5.41, 5.74) is 2.02. The van der Waals surface area contributed by atoms with Gasteiger partial charge < -0.3 is 4.52 Å². The largest absolute Gasteiger partial charge is 0.334 e. The molecule has 0 amide bonds. The van der Waals surface area contributed by atoms with Crippen molar-refractivity contribution in [1.29, 1.82) is 5.26 Å². The first-order chi connectivity index (χ1) is 9.26. The first kappa shape index (κ1) is 11.2. The zero-order chi connectivity index (χ0) is 13.2. The van der Waals surface area contributed by atoms with E-state index in [0.29, 0.717) is 23.0 Å². The summed E-state index contributed by atoms with van der Waals surface area (Å²) in [6, 6.07) is 10.8. The third-order valence-electron chi connectivity index (χ3n) is 2.63. The van der Waals surface area contributed by atoms with E-state index in [1.54, 1.807) is 28.9 Å². The fourth-order valence-corrected chi connectivity index (χ4v) is 1.67. The van der Waals surface area contributed by atoms with E-state index < -0.39 is 0 Å². The normalized spacial score (nSPS) is 10.3. The number of benzene rings is 1. The molecule has 0 aliphatic rings. The summed E-state index contributed by atoms with van der Waals surface area (Å²) in [5, 5.41) is 16.8. The number of aryl methyl sites for hydroxylation is 1. The van der Waals surface area contributed by atoms with Crippen molar-refractivity contribution >= 4 is 0 Å². The van der Waals surface area contributed by atoms with E-state index in [1.165, 1.54) is 0 Å². The van der Waals surface area contributed by atoms with E-state index in [9.17, 15) is 0 Å². The van der Waals surface area contributed by atoms with Gasteiger partial charge in [0.15, 0.2) is 0 Å². The van der Waals surface area contributed by atoms with E-state index in [-0.39, 0.29) is 0 Å². The summed E-state index contributed by atoms with van der Waals surface area (Å²) in [7, 11) is 1.82. The van der Waals surface area contributed by atoms with Crippen molar-refractivity contribution in [1.82, 2.24) is 19.9 Å². The van der Waals surface area contributed by atoms with Crippen molar-refractivity contribution in [2.24, 2.45) is 7.05 Å². The summed E-state index contributed by atoms with van der Waals surface area (Å²) in [6.45, 7) is 0. The molecule has 6 nitrogen and oxygen atoms in total. The van der Waals surface area contributed by atoms with Gasteiger partial charge >= 0.3 is 0 Å². The van der Waals surface area contributed by atoms with Crippen molar-refractivity contribution < 1.29 is 4.52 Å². The molecule has 0 unspecified atom stereocenters. The highest BCUT2D eigenvalue weighted by Gasteiger charge is 2.12. The van der Waals surface area contributed by atoms with Crippen molar-refractivity contribution in [2.75, 3.05) is 0 Å². The monoisotopic (exact) mass is 251 g/mol. The molecular weight excluding hydrogens is 242 g/mol. The van der Waals surface area contributed by atoms with Gasteiger partial charge in [0.05, 0.1) is 11.6 Å². The molecular formula is C13H9N5O. The second kappa shape index (κ2) is 4.38. The summed E-state index contributed by atoms with van der Waals surface area (Å²) < 4.78 is 6.87. The molecule has 3 rings (SSSR count). The average Bonchev–Trinajstić information content (AvgIpc) is 3.07. The van der Waals surface area contributed by atoms with Gasteiger partial charge in [-0.3, -0.25) is 4.68 Å². The van der Waals surface area contributed by atoms with Crippen LogP contribution in [0.4, 0.5) is 0 Å². The first-order valence-corrected chi connectivity index (χ1v) is 5.60. The molecule has 0 fully saturated rings. The topological polar surface area (TPSA) is 80.5 Å². The van der Waals surface area contributed by atoms with Crippen LogP contribution in [0.2, 0.25) is 0 Å². The molecule has 0 saturated carbocycles. The lowest BCUT2D eigenvalue weighted by Crippen LogP contribution is -1.88. The Labute approximate surface area is 108 Å². The number of hydrogen-bond donors (Lipinski definition) is 0. The molecule has 0 spiro atoms. The Bertz CT molecular complexity index is 748. The second-order valence-corrected chi connectivity index (χ2v) is 3.99. The third kappa shape index (κ3) is 2.09. The minimum atomic E-state index is 0.408. The van der Waals surface area contributed by atoms with Crippen LogP contribution < -0.4 is 0 Å². The van der Waals surface area contributed by atoms with Gasteiger partial charge in [-0.15, -0.1) is 0 Å². The van der Waals surface area contributed by atoms with Gasteiger partial charge in [-0.2, -0.15) is 15.3 Å². The highest BCUT2D eigenvalue weighted by Crippen LogP contribution is 2.21. The van der Waals surface area contributed by atoms with Crippen molar-refractivity contribution in [3.63, 3.8) is 0 Å². The van der Waals surface area contributed by atoms with Crippen LogP contribution in [-0.4, -0.2) is 19.9 Å². The van der Waals surface area contributed by atoms with Gasteiger partial charge in [-0.05, 0) is 30.3 Å². The molecule has 0 radical (unpaired) electrons. The number of nitriles is 1. The van der Waals surface area contributed by atoms with Crippen LogP contribution >= 0.6 is 0 Å². The molecule has 92 valence electrons. The van der Waals surface area contributed by atoms with E-state index in [4.69, 9.17) is 9.78 Å². The van der Waals surface area contributed by atoms with Gasteiger partial charge in [0.25, 0.3) is 5.89 Å². The Morgan fingerprint density at radius 1 is 1.21 bits per heavy atom. The average molecular weight is 251 g/mol. The maximum absolute atomic E-state index is 8.74. The third-order valence-corrected chi connectivity index (χ3v) is 2.63. The maximum Gasteiger partial charge on any atom is 0.258 e. The minimum absolute atomic E-state index is 0.408. The van der Waals surface area contributed by atoms with Crippen LogP contribution in [0.3, 0.4) is 0 Å². The quantitative estimate of drug-likeness (QED) is 0.695. The molecule has 3 aromatic rings. The Morgan fingerprint density at radius 2 is 2.00 bits per heavy atom. The van der Waals surface area contributed by atoms with Gasteiger partial charge in [0.1, 0.15) is 5.69 Å². The Kier molecular flexibility index (Phi) is 2.58. The number of hydrogen-bond acceptors (Lipinski definition) is 5. The zero-order valence-electron chi connectivity index (χ0n) is 10.1. The molecule has 0 N–H and O–H groups in total. The Balaban J connectivity index is 1.94. The summed E-state index contributed by atoms with van der Waals surface area (Å²) in [6.07, 6.45) is 1.81. The predicted molar refractivity (Wildman–Crippen MR) is 66.7 cm³/mol. The van der Waals surface area contributed by atoms with Crippen molar-refractivity contribution in [3.8, 4) is 29.0 Å². The van der Waals surface area contributed by atoms with Crippen LogP contribution in [0.25, 0.3) is 23.0 Å². The number of nitrogens with zero attached hydrogens (tertiary/aromatic N) is 5. The fourth-order valence-electron chi connectivity index (χ4n) is 1.67. The first-order valence-electron chi connectivity index (χ1n) is 5.60. The molecule has 2 heterocycles. The molecule has 19 heavy (non-hydrogen) atoms. The van der Waals surface area contributed by atoms with Gasteiger partial charge in [-0.1, -0.05) is 5.16 Å². The highest BCUT2D eigenvalue weighted by molar-refractivity contribution is 5.58. The smallest absolute Gasteiger partial charge is 0.258 e. The summed E-state index contributed by atoms with van der Waals surface area (Å²) in [5.74, 6) is 0.852. The highest BCUT2D eigenvalue weighted by atomic mass is 16.5. The molecule has 0 saturated heterocycles. The fraction of sp³-hybridized carbons (Fsp3) is 0.0769. The standard InChI is InChI=1S/C13H9N5O/c1-18-7-6-11(16-18)12-15-13(19-17-12)10-4-2-9(8-14)3-5-10/h2-7H,1H3. The van der Waals surface area contributed by atoms with Crippen LogP contribution in [0, 0.1) is 11.3 Å². The Morgan fingerprint density at radius 3 is 2.63 bits per heavy atom. The summed E-state index contributed by atoms with van der Waals surface area (Å²) >= 11 is 0. The van der Waals surface area contributed by atoms with Gasteiger partial charge in [-0.25, -0.2) is 0 Å².